The van der Waals surface area contributed by atoms with Crippen molar-refractivity contribution in [1.29, 1.82) is 0 Å². The van der Waals surface area contributed by atoms with Gasteiger partial charge in [-0.05, 0) is 56.2 Å². The lowest BCUT2D eigenvalue weighted by atomic mass is 10.1. The van der Waals surface area contributed by atoms with Gasteiger partial charge in [0.25, 0.3) is 0 Å². The zero-order valence-electron chi connectivity index (χ0n) is 26.5. The van der Waals surface area contributed by atoms with Gasteiger partial charge >= 0.3 is 25.6 Å². The van der Waals surface area contributed by atoms with Gasteiger partial charge in [0.15, 0.2) is 6.10 Å². The van der Waals surface area contributed by atoms with Crippen LogP contribution in [0.25, 0.3) is 0 Å². The molecule has 2 unspecified atom stereocenters. The summed E-state index contributed by atoms with van der Waals surface area (Å²) >= 11 is 0. The van der Waals surface area contributed by atoms with Gasteiger partial charge in [-0.15, -0.1) is 0 Å². The predicted octanol–water partition coefficient (Wildman–Crippen LogP) is 7.06. The summed E-state index contributed by atoms with van der Waals surface area (Å²) in [7, 11) is -3.75. The summed E-state index contributed by atoms with van der Waals surface area (Å²) in [6.45, 7) is 3.36. The fourth-order valence-corrected chi connectivity index (χ4v) is 6.76. The number of ether oxygens (including phenoxy) is 2. The van der Waals surface area contributed by atoms with Crippen molar-refractivity contribution in [2.45, 2.75) is 103 Å². The molecule has 1 fully saturated rings. The van der Waals surface area contributed by atoms with Crippen LogP contribution in [0.2, 0.25) is 0 Å². The number of amides is 1. The number of carbonyl (C=O) groups excluding carboxylic acids is 3. The van der Waals surface area contributed by atoms with Crippen molar-refractivity contribution in [2.75, 3.05) is 19.3 Å². The van der Waals surface area contributed by atoms with E-state index in [2.05, 4.69) is 17.6 Å². The van der Waals surface area contributed by atoms with Crippen molar-refractivity contribution in [3.05, 3.63) is 71.8 Å². The zero-order chi connectivity index (χ0) is 32.2. The number of rotatable bonds is 21. The lowest BCUT2D eigenvalue weighted by Crippen LogP contribution is -2.37. The molecule has 1 aliphatic heterocycles. The first-order valence-electron chi connectivity index (χ1n) is 16.3. The van der Waals surface area contributed by atoms with E-state index < -0.39 is 37.8 Å². The van der Waals surface area contributed by atoms with E-state index in [0.717, 1.165) is 49.7 Å². The van der Waals surface area contributed by atoms with Crippen LogP contribution in [0.1, 0.15) is 88.7 Å². The van der Waals surface area contributed by atoms with Crippen LogP contribution in [0.5, 0.6) is 0 Å². The Balaban J connectivity index is 1.58. The number of esters is 2. The Morgan fingerprint density at radius 2 is 1.56 bits per heavy atom. The molecule has 3 rings (SSSR count). The predicted molar refractivity (Wildman–Crippen MR) is 173 cm³/mol. The molecule has 1 aliphatic rings. The average Bonchev–Trinajstić information content (AvgIpc) is 3.60. The van der Waals surface area contributed by atoms with E-state index in [9.17, 15) is 18.9 Å². The molecule has 0 aliphatic carbocycles. The van der Waals surface area contributed by atoms with Crippen molar-refractivity contribution in [2.24, 2.45) is 0 Å². The molecule has 2 aromatic rings. The van der Waals surface area contributed by atoms with Gasteiger partial charge in [-0.2, -0.15) is 0 Å². The first kappa shape index (κ1) is 36.4. The van der Waals surface area contributed by atoms with E-state index >= 15 is 0 Å². The highest BCUT2D eigenvalue weighted by Gasteiger charge is 2.35. The minimum absolute atomic E-state index is 0.0651. The maximum Gasteiger partial charge on any atom is 0.407 e. The van der Waals surface area contributed by atoms with Crippen LogP contribution >= 0.6 is 7.60 Å². The lowest BCUT2D eigenvalue weighted by Gasteiger charge is -2.24. The fourth-order valence-electron chi connectivity index (χ4n) is 4.93. The van der Waals surface area contributed by atoms with E-state index in [4.69, 9.17) is 18.5 Å². The third-order valence-electron chi connectivity index (χ3n) is 7.53. The second-order valence-corrected chi connectivity index (χ2v) is 13.5. The molecule has 1 saturated heterocycles. The van der Waals surface area contributed by atoms with Crippen LogP contribution in [0.3, 0.4) is 0 Å². The summed E-state index contributed by atoms with van der Waals surface area (Å²) in [6, 6.07) is 18.2. The molecule has 0 saturated carbocycles. The van der Waals surface area contributed by atoms with Crippen LogP contribution < -0.4 is 10.6 Å². The van der Waals surface area contributed by atoms with Gasteiger partial charge in [-0.3, -0.25) is 9.09 Å². The van der Waals surface area contributed by atoms with Crippen LogP contribution in [-0.4, -0.2) is 49.4 Å². The first-order chi connectivity index (χ1) is 21.9. The Morgan fingerprint density at radius 1 is 0.889 bits per heavy atom. The van der Waals surface area contributed by atoms with Crippen LogP contribution in [0, 0.1) is 0 Å². The molecule has 0 bridgehead atoms. The van der Waals surface area contributed by atoms with E-state index in [1.54, 1.807) is 0 Å². The number of unbranched alkanes of at least 4 members (excludes halogenated alkanes) is 6. The highest BCUT2D eigenvalue weighted by Crippen LogP contribution is 2.51. The third kappa shape index (κ3) is 14.7. The Kier molecular flexibility index (Phi) is 16.9. The molecule has 1 heterocycles. The number of alkyl carbamates (subject to hydrolysis) is 1. The molecule has 248 valence electrons. The smallest absolute Gasteiger partial charge is 0.407 e. The van der Waals surface area contributed by atoms with Crippen molar-refractivity contribution in [1.82, 2.24) is 10.6 Å². The van der Waals surface area contributed by atoms with Gasteiger partial charge in [-0.1, -0.05) is 99.7 Å². The number of hydrogen-bond donors (Lipinski definition) is 2. The minimum atomic E-state index is -3.75. The zero-order valence-corrected chi connectivity index (χ0v) is 27.3. The molecular formula is C34H49N2O8P. The highest BCUT2D eigenvalue weighted by molar-refractivity contribution is 7.53. The number of hydrogen-bond acceptors (Lipinski definition) is 9. The molecule has 0 spiro atoms. The number of nitrogens with one attached hydrogen (secondary N) is 2. The molecule has 45 heavy (non-hydrogen) atoms. The largest absolute Gasteiger partial charge is 0.445 e. The van der Waals surface area contributed by atoms with E-state index in [-0.39, 0.29) is 25.8 Å². The molecular weight excluding hydrogens is 595 g/mol. The second kappa shape index (κ2) is 20.9. The van der Waals surface area contributed by atoms with Crippen LogP contribution in [0.15, 0.2) is 60.7 Å². The number of carbonyl (C=O) groups is 3. The maximum absolute atomic E-state index is 14.1. The first-order valence-corrected chi connectivity index (χ1v) is 18.0. The van der Waals surface area contributed by atoms with Gasteiger partial charge in [0.1, 0.15) is 12.6 Å². The molecule has 0 radical (unpaired) electrons. The Labute approximate surface area is 267 Å². The summed E-state index contributed by atoms with van der Waals surface area (Å²) in [4.78, 5) is 38.0. The molecule has 10 nitrogen and oxygen atoms in total. The average molecular weight is 645 g/mol. The van der Waals surface area contributed by atoms with Crippen molar-refractivity contribution >= 4 is 25.6 Å². The van der Waals surface area contributed by atoms with Gasteiger partial charge in [0, 0.05) is 6.54 Å². The molecule has 2 aromatic carbocycles. The van der Waals surface area contributed by atoms with Gasteiger partial charge in [-0.25, -0.2) is 14.4 Å². The SMILES string of the molecule is CCCCCCCCP(=O)(OCc1ccccc1)OC(CCCCNC(=O)OCc1ccccc1)C(=O)OC(=O)[C@@H]1CCCN1. The molecule has 2 N–H and O–H groups in total. The normalized spacial score (nSPS) is 16.4. The summed E-state index contributed by atoms with van der Waals surface area (Å²) in [5.41, 5.74) is 1.71. The highest BCUT2D eigenvalue weighted by atomic mass is 31.2. The molecule has 1 amide bonds. The fraction of sp³-hybridized carbons (Fsp3) is 0.559. The van der Waals surface area contributed by atoms with E-state index in [0.29, 0.717) is 38.8 Å². The van der Waals surface area contributed by atoms with Crippen molar-refractivity contribution in [3.8, 4) is 0 Å². The monoisotopic (exact) mass is 644 g/mol. The standard InChI is InChI=1S/C34H49N2O8P/c1-2-3-4-5-6-15-25-45(40,42-27-29-19-11-8-12-20-29)44-31(33(38)43-32(37)30-21-16-24-35-30)22-13-14-23-36-34(39)41-26-28-17-9-7-10-18-28/h7-12,17-20,30-31,35H,2-6,13-16,21-27H2,1H3,(H,36,39)/t30-,31?,45?/m0/s1. The quantitative estimate of drug-likeness (QED) is 0.0635. The molecule has 3 atom stereocenters. The maximum atomic E-state index is 14.1. The second-order valence-electron chi connectivity index (χ2n) is 11.3. The summed E-state index contributed by atoms with van der Waals surface area (Å²) < 4.78 is 36.4. The number of benzene rings is 2. The lowest BCUT2D eigenvalue weighted by molar-refractivity contribution is -0.166. The third-order valence-corrected chi connectivity index (χ3v) is 9.49. The van der Waals surface area contributed by atoms with Crippen molar-refractivity contribution < 1.29 is 37.5 Å². The van der Waals surface area contributed by atoms with Crippen LogP contribution in [0.4, 0.5) is 4.79 Å². The van der Waals surface area contributed by atoms with Crippen LogP contribution in [-0.2, 0) is 45.9 Å². The van der Waals surface area contributed by atoms with E-state index in [1.165, 1.54) is 0 Å². The van der Waals surface area contributed by atoms with Gasteiger partial charge in [0.2, 0.25) is 0 Å². The minimum Gasteiger partial charge on any atom is -0.445 e. The molecule has 0 aromatic heterocycles. The van der Waals surface area contributed by atoms with Crippen molar-refractivity contribution in [3.63, 3.8) is 0 Å². The Bertz CT molecular complexity index is 1190. The molecule has 11 heteroatoms. The van der Waals surface area contributed by atoms with Gasteiger partial charge in [0.05, 0.1) is 12.8 Å². The topological polar surface area (TPSA) is 129 Å². The van der Waals surface area contributed by atoms with Gasteiger partial charge < -0.3 is 24.6 Å². The summed E-state index contributed by atoms with van der Waals surface area (Å²) in [5.74, 6) is -1.54. The van der Waals surface area contributed by atoms with E-state index in [1.807, 2.05) is 60.7 Å². The summed E-state index contributed by atoms with van der Waals surface area (Å²) in [5, 5.41) is 5.73. The summed E-state index contributed by atoms with van der Waals surface area (Å²) in [6.07, 6.45) is 6.71. The Hall–Kier alpha value is -3.04. The Morgan fingerprint density at radius 3 is 2.22 bits per heavy atom.